The van der Waals surface area contributed by atoms with Gasteiger partial charge < -0.3 is 4.74 Å². The summed E-state index contributed by atoms with van der Waals surface area (Å²) in [4.78, 5) is 4.43. The average molecular weight is 225 g/mol. The van der Waals surface area contributed by atoms with Crippen LogP contribution >= 0.6 is 0 Å². The first-order valence-electron chi connectivity index (χ1n) is 6.04. The van der Waals surface area contributed by atoms with Crippen LogP contribution in [0, 0.1) is 0 Å². The summed E-state index contributed by atoms with van der Waals surface area (Å²) in [6, 6.07) is 14.3. The molecule has 1 aliphatic rings. The number of hydrogen-bond acceptors (Lipinski definition) is 2. The van der Waals surface area contributed by atoms with Gasteiger partial charge in [0.2, 0.25) is 0 Å². The number of benzene rings is 1. The van der Waals surface area contributed by atoms with E-state index in [4.69, 9.17) is 4.74 Å². The summed E-state index contributed by atoms with van der Waals surface area (Å²) < 4.78 is 5.68. The van der Waals surface area contributed by atoms with E-state index in [0.29, 0.717) is 12.5 Å². The summed E-state index contributed by atoms with van der Waals surface area (Å²) in [7, 11) is 0. The van der Waals surface area contributed by atoms with Crippen LogP contribution in [-0.4, -0.2) is 4.98 Å². The monoisotopic (exact) mass is 225 g/mol. The molecular formula is C15H15NO. The average Bonchev–Trinajstić information content (AvgIpc) is 3.23. The molecule has 1 aromatic carbocycles. The Morgan fingerprint density at radius 2 is 1.88 bits per heavy atom. The summed E-state index contributed by atoms with van der Waals surface area (Å²) in [5.41, 5.74) is 2.39. The molecule has 0 unspecified atom stereocenters. The van der Waals surface area contributed by atoms with Gasteiger partial charge in [0.1, 0.15) is 12.4 Å². The quantitative estimate of drug-likeness (QED) is 0.794. The molecule has 0 N–H and O–H groups in total. The maximum absolute atomic E-state index is 5.68. The summed E-state index contributed by atoms with van der Waals surface area (Å²) in [6.45, 7) is 0.602. The molecule has 2 heteroatoms. The zero-order chi connectivity index (χ0) is 11.5. The third kappa shape index (κ3) is 2.64. The summed E-state index contributed by atoms with van der Waals surface area (Å²) in [5.74, 6) is 1.55. The largest absolute Gasteiger partial charge is 0.487 e. The molecule has 0 atom stereocenters. The number of ether oxygens (including phenoxy) is 1. The topological polar surface area (TPSA) is 22.1 Å². The van der Waals surface area contributed by atoms with E-state index in [2.05, 4.69) is 23.2 Å². The molecule has 3 rings (SSSR count). The lowest BCUT2D eigenvalue weighted by Gasteiger charge is -2.06. The highest BCUT2D eigenvalue weighted by molar-refractivity contribution is 5.24. The second-order valence-corrected chi connectivity index (χ2v) is 4.47. The van der Waals surface area contributed by atoms with Crippen LogP contribution in [0.1, 0.15) is 30.0 Å². The van der Waals surface area contributed by atoms with Crippen molar-refractivity contribution in [1.29, 1.82) is 0 Å². The van der Waals surface area contributed by atoms with Crippen LogP contribution < -0.4 is 4.74 Å². The Balaban J connectivity index is 1.61. The van der Waals surface area contributed by atoms with Crippen molar-refractivity contribution >= 4 is 0 Å². The summed E-state index contributed by atoms with van der Waals surface area (Å²) >= 11 is 0. The lowest BCUT2D eigenvalue weighted by Crippen LogP contribution is -1.96. The van der Waals surface area contributed by atoms with Crippen molar-refractivity contribution in [2.45, 2.75) is 25.4 Å². The Hall–Kier alpha value is -1.83. The molecule has 0 amide bonds. The lowest BCUT2D eigenvalue weighted by molar-refractivity contribution is 0.305. The van der Waals surface area contributed by atoms with Gasteiger partial charge >= 0.3 is 0 Å². The van der Waals surface area contributed by atoms with Crippen molar-refractivity contribution < 1.29 is 4.74 Å². The van der Waals surface area contributed by atoms with Crippen molar-refractivity contribution in [2.75, 3.05) is 0 Å². The Morgan fingerprint density at radius 3 is 2.53 bits per heavy atom. The van der Waals surface area contributed by atoms with Crippen molar-refractivity contribution in [3.63, 3.8) is 0 Å². The van der Waals surface area contributed by atoms with Crippen LogP contribution in [0.2, 0.25) is 0 Å². The number of rotatable bonds is 4. The van der Waals surface area contributed by atoms with Gasteiger partial charge in [0.05, 0.1) is 6.20 Å². The van der Waals surface area contributed by atoms with Crippen LogP contribution in [-0.2, 0) is 6.61 Å². The highest BCUT2D eigenvalue weighted by Gasteiger charge is 2.24. The maximum atomic E-state index is 5.68. The molecule has 0 spiro atoms. The predicted octanol–water partition coefficient (Wildman–Crippen LogP) is 3.54. The van der Waals surface area contributed by atoms with Gasteiger partial charge in [0, 0.05) is 11.6 Å². The molecule has 2 aromatic rings. The van der Waals surface area contributed by atoms with E-state index in [1.807, 2.05) is 30.5 Å². The number of aromatic nitrogens is 1. The van der Waals surface area contributed by atoms with Gasteiger partial charge in [-0.05, 0) is 30.5 Å². The number of pyridine rings is 1. The Bertz CT molecular complexity index is 474. The van der Waals surface area contributed by atoms with E-state index < -0.39 is 0 Å². The molecule has 17 heavy (non-hydrogen) atoms. The standard InChI is InChI=1S/C15H15NO/c1-2-4-12(5-3-1)11-17-14-8-9-15(16-10-14)13-6-7-13/h1-5,8-10,13H,6-7,11H2. The maximum Gasteiger partial charge on any atom is 0.138 e. The third-order valence-corrected chi connectivity index (χ3v) is 3.00. The Morgan fingerprint density at radius 1 is 1.06 bits per heavy atom. The first-order chi connectivity index (χ1) is 8.42. The second kappa shape index (κ2) is 4.58. The fourth-order valence-corrected chi connectivity index (χ4v) is 1.84. The van der Waals surface area contributed by atoms with E-state index in [0.717, 1.165) is 5.75 Å². The van der Waals surface area contributed by atoms with E-state index >= 15 is 0 Å². The molecule has 1 aliphatic carbocycles. The van der Waals surface area contributed by atoms with Gasteiger partial charge in [-0.3, -0.25) is 4.98 Å². The van der Waals surface area contributed by atoms with Crippen molar-refractivity contribution in [3.05, 3.63) is 59.9 Å². The fourth-order valence-electron chi connectivity index (χ4n) is 1.84. The summed E-state index contributed by atoms with van der Waals surface area (Å²) in [5, 5.41) is 0. The molecule has 0 aliphatic heterocycles. The van der Waals surface area contributed by atoms with E-state index in [1.54, 1.807) is 0 Å². The smallest absolute Gasteiger partial charge is 0.138 e. The van der Waals surface area contributed by atoms with Gasteiger partial charge in [-0.15, -0.1) is 0 Å². The van der Waals surface area contributed by atoms with Crippen LogP contribution in [0.15, 0.2) is 48.7 Å². The first kappa shape index (κ1) is 10.3. The van der Waals surface area contributed by atoms with Crippen LogP contribution in [0.5, 0.6) is 5.75 Å². The minimum absolute atomic E-state index is 0.602. The molecule has 1 aromatic heterocycles. The predicted molar refractivity (Wildman–Crippen MR) is 67.0 cm³/mol. The SMILES string of the molecule is c1ccc(COc2ccc(C3CC3)nc2)cc1. The Kier molecular flexibility index (Phi) is 2.78. The van der Waals surface area contributed by atoms with Gasteiger partial charge in [-0.2, -0.15) is 0 Å². The minimum Gasteiger partial charge on any atom is -0.487 e. The number of nitrogens with zero attached hydrogens (tertiary/aromatic N) is 1. The highest BCUT2D eigenvalue weighted by Crippen LogP contribution is 2.39. The molecule has 86 valence electrons. The molecule has 0 bridgehead atoms. The van der Waals surface area contributed by atoms with Crippen LogP contribution in [0.25, 0.3) is 0 Å². The van der Waals surface area contributed by atoms with Crippen molar-refractivity contribution in [1.82, 2.24) is 4.98 Å². The lowest BCUT2D eigenvalue weighted by atomic mass is 10.2. The van der Waals surface area contributed by atoms with E-state index in [1.165, 1.54) is 24.1 Å². The second-order valence-electron chi connectivity index (χ2n) is 4.47. The zero-order valence-electron chi connectivity index (χ0n) is 9.67. The molecule has 2 nitrogen and oxygen atoms in total. The van der Waals surface area contributed by atoms with E-state index in [9.17, 15) is 0 Å². The zero-order valence-corrected chi connectivity index (χ0v) is 9.67. The summed E-state index contributed by atoms with van der Waals surface area (Å²) in [6.07, 6.45) is 4.41. The molecule has 0 saturated heterocycles. The number of hydrogen-bond donors (Lipinski definition) is 0. The molecule has 0 radical (unpaired) electrons. The molecule has 1 heterocycles. The molecular weight excluding hydrogens is 210 g/mol. The fraction of sp³-hybridized carbons (Fsp3) is 0.267. The first-order valence-corrected chi connectivity index (χ1v) is 6.04. The Labute approximate surface area is 101 Å². The van der Waals surface area contributed by atoms with E-state index in [-0.39, 0.29) is 0 Å². The van der Waals surface area contributed by atoms with Crippen LogP contribution in [0.4, 0.5) is 0 Å². The van der Waals surface area contributed by atoms with Gasteiger partial charge in [0.15, 0.2) is 0 Å². The normalized spacial score (nSPS) is 14.6. The third-order valence-electron chi connectivity index (χ3n) is 3.00. The van der Waals surface area contributed by atoms with Gasteiger partial charge in [0.25, 0.3) is 0 Å². The molecule has 1 fully saturated rings. The minimum atomic E-state index is 0.602. The van der Waals surface area contributed by atoms with Gasteiger partial charge in [-0.25, -0.2) is 0 Å². The van der Waals surface area contributed by atoms with Crippen molar-refractivity contribution in [3.8, 4) is 5.75 Å². The van der Waals surface area contributed by atoms with Gasteiger partial charge in [-0.1, -0.05) is 30.3 Å². The van der Waals surface area contributed by atoms with Crippen LogP contribution in [0.3, 0.4) is 0 Å². The molecule has 1 saturated carbocycles. The highest BCUT2D eigenvalue weighted by atomic mass is 16.5. The van der Waals surface area contributed by atoms with Crippen molar-refractivity contribution in [2.24, 2.45) is 0 Å².